The molecule has 0 radical (unpaired) electrons. The maximum absolute atomic E-state index is 12.1. The Morgan fingerprint density at radius 2 is 2.40 bits per heavy atom. The summed E-state index contributed by atoms with van der Waals surface area (Å²) in [5.41, 5.74) is -0.106. The summed E-state index contributed by atoms with van der Waals surface area (Å²) in [6, 6.07) is 1.75. The summed E-state index contributed by atoms with van der Waals surface area (Å²) in [5, 5.41) is 11.8. The number of amides is 1. The first kappa shape index (κ1) is 13.3. The fourth-order valence-corrected chi connectivity index (χ4v) is 3.12. The molecule has 0 aliphatic carbocycles. The number of carbonyl (C=O) groups excluding carboxylic acids is 1. The van der Waals surface area contributed by atoms with Crippen molar-refractivity contribution in [2.45, 2.75) is 25.5 Å². The lowest BCUT2D eigenvalue weighted by Gasteiger charge is -2.15. The van der Waals surface area contributed by atoms with Crippen LogP contribution in [0.5, 0.6) is 0 Å². The molecule has 106 valence electrons. The molecule has 6 nitrogen and oxygen atoms in total. The van der Waals surface area contributed by atoms with E-state index in [1.165, 1.54) is 22.2 Å². The molecule has 0 bridgehead atoms. The minimum absolute atomic E-state index is 0.0288. The number of hydrogen-bond donors (Lipinski definition) is 1. The van der Waals surface area contributed by atoms with Gasteiger partial charge in [-0.25, -0.2) is 4.98 Å². The van der Waals surface area contributed by atoms with Crippen molar-refractivity contribution < 1.29 is 9.90 Å². The maximum atomic E-state index is 12.1. The number of aliphatic hydroxyl groups is 1. The van der Waals surface area contributed by atoms with E-state index in [2.05, 4.69) is 4.98 Å². The number of β-amino-alcohol motifs (C(OH)–C–C–N with tert-alkyl or cyclic N) is 1. The number of carbonyl (C=O) groups is 1. The van der Waals surface area contributed by atoms with Crippen molar-refractivity contribution in [3.05, 3.63) is 28.1 Å². The van der Waals surface area contributed by atoms with E-state index in [1.54, 1.807) is 11.0 Å². The van der Waals surface area contributed by atoms with Crippen LogP contribution in [0.15, 0.2) is 22.6 Å². The second kappa shape index (κ2) is 5.34. The van der Waals surface area contributed by atoms with E-state index in [0.717, 1.165) is 4.83 Å². The summed E-state index contributed by atoms with van der Waals surface area (Å²) >= 11 is 1.43. The van der Waals surface area contributed by atoms with E-state index in [1.807, 2.05) is 5.38 Å². The van der Waals surface area contributed by atoms with Crippen molar-refractivity contribution in [2.75, 3.05) is 13.1 Å². The highest BCUT2D eigenvalue weighted by Gasteiger charge is 2.24. The second-order valence-electron chi connectivity index (χ2n) is 4.91. The summed E-state index contributed by atoms with van der Waals surface area (Å²) in [5.74, 6) is -0.0288. The van der Waals surface area contributed by atoms with Gasteiger partial charge in [0.25, 0.3) is 5.56 Å². The van der Waals surface area contributed by atoms with E-state index in [4.69, 9.17) is 0 Å². The predicted molar refractivity (Wildman–Crippen MR) is 75.7 cm³/mol. The van der Waals surface area contributed by atoms with Gasteiger partial charge in [-0.05, 0) is 17.9 Å². The van der Waals surface area contributed by atoms with Crippen molar-refractivity contribution in [3.63, 3.8) is 0 Å². The molecule has 20 heavy (non-hydrogen) atoms. The van der Waals surface area contributed by atoms with Crippen molar-refractivity contribution >= 4 is 27.5 Å². The average Bonchev–Trinajstić information content (AvgIpc) is 3.06. The largest absolute Gasteiger partial charge is 0.391 e. The molecule has 0 spiro atoms. The summed E-state index contributed by atoms with van der Waals surface area (Å²) < 4.78 is 1.47. The number of rotatable bonds is 3. The van der Waals surface area contributed by atoms with Crippen LogP contribution in [0, 0.1) is 0 Å². The van der Waals surface area contributed by atoms with E-state index >= 15 is 0 Å². The molecular weight excluding hydrogens is 278 g/mol. The van der Waals surface area contributed by atoms with E-state index in [-0.39, 0.29) is 17.9 Å². The lowest BCUT2D eigenvalue weighted by Crippen LogP contribution is -2.31. The van der Waals surface area contributed by atoms with Gasteiger partial charge in [0.15, 0.2) is 0 Å². The van der Waals surface area contributed by atoms with Gasteiger partial charge >= 0.3 is 0 Å². The number of aliphatic hydroxyl groups excluding tert-OH is 1. The molecule has 0 saturated carbocycles. The van der Waals surface area contributed by atoms with Gasteiger partial charge in [-0.2, -0.15) is 0 Å². The number of aromatic nitrogens is 2. The molecule has 7 heteroatoms. The van der Waals surface area contributed by atoms with Crippen molar-refractivity contribution in [2.24, 2.45) is 0 Å². The van der Waals surface area contributed by atoms with Crippen molar-refractivity contribution in [1.29, 1.82) is 0 Å². The highest BCUT2D eigenvalue weighted by atomic mass is 32.1. The molecule has 3 heterocycles. The van der Waals surface area contributed by atoms with Gasteiger partial charge in [0.1, 0.15) is 4.83 Å². The Labute approximate surface area is 119 Å². The van der Waals surface area contributed by atoms with E-state index in [0.29, 0.717) is 31.4 Å². The summed E-state index contributed by atoms with van der Waals surface area (Å²) in [6.07, 6.45) is 1.97. The fraction of sp³-hybridized carbons (Fsp3) is 0.462. The van der Waals surface area contributed by atoms with Crippen molar-refractivity contribution in [1.82, 2.24) is 14.5 Å². The smallest absolute Gasteiger partial charge is 0.262 e. The summed E-state index contributed by atoms with van der Waals surface area (Å²) in [6.45, 7) is 1.31. The zero-order chi connectivity index (χ0) is 14.1. The van der Waals surface area contributed by atoms with Gasteiger partial charge < -0.3 is 10.0 Å². The third-order valence-corrected chi connectivity index (χ3v) is 4.35. The number of aryl methyl sites for hydroxylation is 1. The molecule has 0 unspecified atom stereocenters. The van der Waals surface area contributed by atoms with Crippen LogP contribution in [0.1, 0.15) is 12.8 Å². The average molecular weight is 293 g/mol. The molecule has 3 rings (SSSR count). The normalized spacial score (nSPS) is 18.9. The molecule has 1 N–H and O–H groups in total. The molecular formula is C13H15N3O3S. The zero-order valence-electron chi connectivity index (χ0n) is 10.9. The first-order valence-corrected chi connectivity index (χ1v) is 7.41. The minimum atomic E-state index is -0.412. The molecule has 2 aromatic rings. The monoisotopic (exact) mass is 293 g/mol. The van der Waals surface area contributed by atoms with Gasteiger partial charge in [0.05, 0.1) is 17.8 Å². The molecule has 1 amide bonds. The molecule has 2 aromatic heterocycles. The van der Waals surface area contributed by atoms with Crippen LogP contribution in [0.25, 0.3) is 10.2 Å². The van der Waals surface area contributed by atoms with Crippen LogP contribution in [0.4, 0.5) is 0 Å². The highest BCUT2D eigenvalue weighted by molar-refractivity contribution is 7.16. The maximum Gasteiger partial charge on any atom is 0.262 e. The number of nitrogens with zero attached hydrogens (tertiary/aromatic N) is 3. The first-order valence-electron chi connectivity index (χ1n) is 6.53. The van der Waals surface area contributed by atoms with Crippen LogP contribution in [0.3, 0.4) is 0 Å². The number of hydrogen-bond acceptors (Lipinski definition) is 5. The molecule has 1 aliphatic heterocycles. The van der Waals surface area contributed by atoms with Gasteiger partial charge in [-0.1, -0.05) is 0 Å². The standard InChI is InChI=1S/C13H15N3O3S/c17-9-1-4-15(7-9)11(18)2-5-16-8-14-12-10(13(16)19)3-6-20-12/h3,6,8-9,17H,1-2,4-5,7H2/t9-/m1/s1. The Kier molecular flexibility index (Phi) is 3.54. The highest BCUT2D eigenvalue weighted by Crippen LogP contribution is 2.14. The first-order chi connectivity index (χ1) is 9.65. The fourth-order valence-electron chi connectivity index (χ4n) is 2.40. The number of likely N-dealkylation sites (tertiary alicyclic amines) is 1. The Bertz CT molecular complexity index is 693. The SMILES string of the molecule is O=C(CCn1cnc2sccc2c1=O)N1CC[C@@H](O)C1. The Morgan fingerprint density at radius 1 is 1.55 bits per heavy atom. The summed E-state index contributed by atoms with van der Waals surface area (Å²) in [7, 11) is 0. The molecule has 1 aliphatic rings. The van der Waals surface area contributed by atoms with Crippen LogP contribution < -0.4 is 5.56 Å². The van der Waals surface area contributed by atoms with E-state index < -0.39 is 6.10 Å². The zero-order valence-corrected chi connectivity index (χ0v) is 11.7. The van der Waals surface area contributed by atoms with Gasteiger partial charge in [0, 0.05) is 26.1 Å². The van der Waals surface area contributed by atoms with Crippen LogP contribution >= 0.6 is 11.3 Å². The van der Waals surface area contributed by atoms with Crippen LogP contribution in [-0.2, 0) is 11.3 Å². The quantitative estimate of drug-likeness (QED) is 0.891. The number of fused-ring (bicyclic) bond motifs is 1. The van der Waals surface area contributed by atoms with Gasteiger partial charge in [-0.3, -0.25) is 14.2 Å². The predicted octanol–water partition coefficient (Wildman–Crippen LogP) is 0.441. The molecule has 1 atom stereocenters. The number of thiophene rings is 1. The lowest BCUT2D eigenvalue weighted by atomic mass is 10.3. The second-order valence-corrected chi connectivity index (χ2v) is 5.81. The molecule has 1 fully saturated rings. The minimum Gasteiger partial charge on any atom is -0.391 e. The Balaban J connectivity index is 1.69. The van der Waals surface area contributed by atoms with Crippen LogP contribution in [-0.4, -0.2) is 44.7 Å². The molecule has 0 aromatic carbocycles. The van der Waals surface area contributed by atoms with Gasteiger partial charge in [0.2, 0.25) is 5.91 Å². The lowest BCUT2D eigenvalue weighted by molar-refractivity contribution is -0.130. The third-order valence-electron chi connectivity index (χ3n) is 3.53. The Morgan fingerprint density at radius 3 is 3.15 bits per heavy atom. The van der Waals surface area contributed by atoms with Gasteiger partial charge in [-0.15, -0.1) is 11.3 Å². The summed E-state index contributed by atoms with van der Waals surface area (Å²) in [4.78, 5) is 30.7. The Hall–Kier alpha value is -1.73. The van der Waals surface area contributed by atoms with Crippen LogP contribution in [0.2, 0.25) is 0 Å². The molecule has 1 saturated heterocycles. The van der Waals surface area contributed by atoms with E-state index in [9.17, 15) is 14.7 Å². The third kappa shape index (κ3) is 2.46. The topological polar surface area (TPSA) is 75.4 Å². The van der Waals surface area contributed by atoms with Crippen molar-refractivity contribution in [3.8, 4) is 0 Å².